The Morgan fingerprint density at radius 1 is 1.14 bits per heavy atom. The van der Waals surface area contributed by atoms with Crippen LogP contribution in [0.15, 0.2) is 42.7 Å². The first-order valence-electron chi connectivity index (χ1n) is 7.02. The molecule has 1 aliphatic rings. The molecular formula is C16H16ClFN2O. The Balaban J connectivity index is 1.71. The molecule has 0 atom stereocenters. The second-order valence-corrected chi connectivity index (χ2v) is 5.66. The summed E-state index contributed by atoms with van der Waals surface area (Å²) in [5.74, 6) is -0.871. The standard InChI is InChI=1S/C16H16ClFN2O/c17-13-4-3-5-14(18)15(13)16(21)20-10-6-12(7-11-20)19-8-1-2-9-19/h1-5,8-9,12H,6-7,10-11H2. The third kappa shape index (κ3) is 2.81. The summed E-state index contributed by atoms with van der Waals surface area (Å²) in [6.07, 6.45) is 5.81. The van der Waals surface area contributed by atoms with Crippen LogP contribution in [0.1, 0.15) is 29.2 Å². The largest absolute Gasteiger partial charge is 0.351 e. The molecule has 0 aliphatic carbocycles. The Morgan fingerprint density at radius 2 is 1.81 bits per heavy atom. The van der Waals surface area contributed by atoms with Crippen LogP contribution in [0.4, 0.5) is 4.39 Å². The van der Waals surface area contributed by atoms with Crippen LogP contribution in [-0.4, -0.2) is 28.5 Å². The fourth-order valence-electron chi connectivity index (χ4n) is 2.82. The number of hydrogen-bond acceptors (Lipinski definition) is 1. The molecule has 0 radical (unpaired) electrons. The van der Waals surface area contributed by atoms with Gasteiger partial charge in [0.15, 0.2) is 0 Å². The number of carbonyl (C=O) groups is 1. The first-order valence-corrected chi connectivity index (χ1v) is 7.40. The van der Waals surface area contributed by atoms with Crippen LogP contribution in [-0.2, 0) is 0 Å². The van der Waals surface area contributed by atoms with E-state index in [0.717, 1.165) is 12.8 Å². The van der Waals surface area contributed by atoms with Gasteiger partial charge in [-0.2, -0.15) is 0 Å². The van der Waals surface area contributed by atoms with E-state index in [4.69, 9.17) is 11.6 Å². The van der Waals surface area contributed by atoms with Crippen LogP contribution in [0.2, 0.25) is 5.02 Å². The molecule has 0 unspecified atom stereocenters. The number of likely N-dealkylation sites (tertiary alicyclic amines) is 1. The van der Waals surface area contributed by atoms with E-state index in [-0.39, 0.29) is 16.5 Å². The van der Waals surface area contributed by atoms with Gasteiger partial charge in [-0.3, -0.25) is 4.79 Å². The molecule has 0 saturated carbocycles. The van der Waals surface area contributed by atoms with Gasteiger partial charge in [0.05, 0.1) is 10.6 Å². The number of carbonyl (C=O) groups excluding carboxylic acids is 1. The number of hydrogen-bond donors (Lipinski definition) is 0. The summed E-state index contributed by atoms with van der Waals surface area (Å²) in [7, 11) is 0. The summed E-state index contributed by atoms with van der Waals surface area (Å²) in [5.41, 5.74) is -0.0152. The minimum atomic E-state index is -0.556. The van der Waals surface area contributed by atoms with Crippen LogP contribution < -0.4 is 0 Å². The summed E-state index contributed by atoms with van der Waals surface area (Å²) >= 11 is 5.96. The Kier molecular flexibility index (Phi) is 3.97. The molecule has 1 aliphatic heterocycles. The number of halogens is 2. The van der Waals surface area contributed by atoms with Gasteiger partial charge in [0, 0.05) is 31.5 Å². The van der Waals surface area contributed by atoms with Crippen LogP contribution >= 0.6 is 11.6 Å². The van der Waals surface area contributed by atoms with Crippen molar-refractivity contribution in [1.29, 1.82) is 0 Å². The predicted octanol–water partition coefficient (Wildman–Crippen LogP) is 3.76. The Labute approximate surface area is 127 Å². The number of nitrogens with zero attached hydrogens (tertiary/aromatic N) is 2. The van der Waals surface area contributed by atoms with E-state index in [1.807, 2.05) is 24.5 Å². The number of amides is 1. The van der Waals surface area contributed by atoms with Gasteiger partial charge in [0.25, 0.3) is 5.91 Å². The Hall–Kier alpha value is -1.81. The lowest BCUT2D eigenvalue weighted by molar-refractivity contribution is 0.0690. The molecule has 5 heteroatoms. The maximum absolute atomic E-state index is 13.8. The molecule has 3 rings (SSSR count). The SMILES string of the molecule is O=C(c1c(F)cccc1Cl)N1CCC(n2cccc2)CC1. The first-order chi connectivity index (χ1) is 10.2. The molecule has 21 heavy (non-hydrogen) atoms. The van der Waals surface area contributed by atoms with Gasteiger partial charge < -0.3 is 9.47 Å². The molecule has 110 valence electrons. The topological polar surface area (TPSA) is 25.2 Å². The normalized spacial score (nSPS) is 16.2. The highest BCUT2D eigenvalue weighted by atomic mass is 35.5. The molecule has 0 bridgehead atoms. The van der Waals surface area contributed by atoms with Crippen LogP contribution in [0.25, 0.3) is 0 Å². The molecule has 3 nitrogen and oxygen atoms in total. The summed E-state index contributed by atoms with van der Waals surface area (Å²) in [6, 6.07) is 8.72. The van der Waals surface area contributed by atoms with Crippen molar-refractivity contribution in [2.75, 3.05) is 13.1 Å². The second kappa shape index (κ2) is 5.90. The minimum absolute atomic E-state index is 0.0152. The third-order valence-corrected chi connectivity index (χ3v) is 4.29. The van der Waals surface area contributed by atoms with Gasteiger partial charge in [-0.25, -0.2) is 4.39 Å². The smallest absolute Gasteiger partial charge is 0.258 e. The summed E-state index contributed by atoms with van der Waals surface area (Å²) in [6.45, 7) is 1.23. The van der Waals surface area contributed by atoms with E-state index in [1.54, 1.807) is 11.0 Å². The van der Waals surface area contributed by atoms with Crippen molar-refractivity contribution >= 4 is 17.5 Å². The third-order valence-electron chi connectivity index (χ3n) is 3.98. The van der Waals surface area contributed by atoms with Gasteiger partial charge in [-0.1, -0.05) is 17.7 Å². The first kappa shape index (κ1) is 14.1. The molecule has 1 aromatic heterocycles. The summed E-state index contributed by atoms with van der Waals surface area (Å²) < 4.78 is 16.0. The maximum atomic E-state index is 13.8. The lowest BCUT2D eigenvalue weighted by atomic mass is 10.0. The second-order valence-electron chi connectivity index (χ2n) is 5.25. The van der Waals surface area contributed by atoms with Gasteiger partial charge in [0.2, 0.25) is 0 Å². The van der Waals surface area contributed by atoms with Crippen molar-refractivity contribution < 1.29 is 9.18 Å². The van der Waals surface area contributed by atoms with Crippen LogP contribution in [0, 0.1) is 5.82 Å². The van der Waals surface area contributed by atoms with E-state index < -0.39 is 5.82 Å². The molecule has 1 fully saturated rings. The molecule has 1 saturated heterocycles. The zero-order valence-corrected chi connectivity index (χ0v) is 12.3. The van der Waals surface area contributed by atoms with E-state index in [9.17, 15) is 9.18 Å². The quantitative estimate of drug-likeness (QED) is 0.829. The highest BCUT2D eigenvalue weighted by Gasteiger charge is 2.27. The highest BCUT2D eigenvalue weighted by molar-refractivity contribution is 6.33. The average Bonchev–Trinajstić information content (AvgIpc) is 3.01. The van der Waals surface area contributed by atoms with Crippen molar-refractivity contribution in [2.24, 2.45) is 0 Å². The Morgan fingerprint density at radius 3 is 2.43 bits per heavy atom. The predicted molar refractivity (Wildman–Crippen MR) is 80.0 cm³/mol. The molecule has 2 aromatic rings. The van der Waals surface area contributed by atoms with Crippen molar-refractivity contribution in [3.8, 4) is 0 Å². The van der Waals surface area contributed by atoms with Crippen LogP contribution in [0.5, 0.6) is 0 Å². The van der Waals surface area contributed by atoms with Crippen molar-refractivity contribution in [1.82, 2.24) is 9.47 Å². The molecule has 1 amide bonds. The monoisotopic (exact) mass is 306 g/mol. The molecule has 0 N–H and O–H groups in total. The zero-order valence-electron chi connectivity index (χ0n) is 11.5. The number of rotatable bonds is 2. The lowest BCUT2D eigenvalue weighted by Crippen LogP contribution is -2.39. The summed E-state index contributed by atoms with van der Waals surface area (Å²) in [5, 5.41) is 0.174. The van der Waals surface area contributed by atoms with Crippen LogP contribution in [0.3, 0.4) is 0 Å². The van der Waals surface area contributed by atoms with Gasteiger partial charge in [-0.15, -0.1) is 0 Å². The van der Waals surface area contributed by atoms with Gasteiger partial charge >= 0.3 is 0 Å². The van der Waals surface area contributed by atoms with Crippen molar-refractivity contribution in [3.63, 3.8) is 0 Å². The molecule has 0 spiro atoms. The van der Waals surface area contributed by atoms with Gasteiger partial charge in [-0.05, 0) is 37.1 Å². The fraction of sp³-hybridized carbons (Fsp3) is 0.312. The fourth-order valence-corrected chi connectivity index (χ4v) is 3.06. The lowest BCUT2D eigenvalue weighted by Gasteiger charge is -2.33. The minimum Gasteiger partial charge on any atom is -0.351 e. The van der Waals surface area contributed by atoms with Crippen molar-refractivity contribution in [2.45, 2.75) is 18.9 Å². The Bertz CT molecular complexity index is 613. The van der Waals surface area contributed by atoms with E-state index >= 15 is 0 Å². The molecular weight excluding hydrogens is 291 g/mol. The zero-order chi connectivity index (χ0) is 14.8. The molecule has 2 heterocycles. The average molecular weight is 307 g/mol. The number of aromatic nitrogens is 1. The van der Waals surface area contributed by atoms with E-state index in [0.29, 0.717) is 19.1 Å². The molecule has 1 aromatic carbocycles. The number of piperidine rings is 1. The number of benzene rings is 1. The van der Waals surface area contributed by atoms with E-state index in [2.05, 4.69) is 4.57 Å². The van der Waals surface area contributed by atoms with Gasteiger partial charge in [0.1, 0.15) is 5.82 Å². The van der Waals surface area contributed by atoms with E-state index in [1.165, 1.54) is 12.1 Å². The highest BCUT2D eigenvalue weighted by Crippen LogP contribution is 2.26. The summed E-state index contributed by atoms with van der Waals surface area (Å²) in [4.78, 5) is 14.1. The van der Waals surface area contributed by atoms with Crippen molar-refractivity contribution in [3.05, 3.63) is 59.1 Å². The maximum Gasteiger partial charge on any atom is 0.258 e.